The third-order valence-corrected chi connectivity index (χ3v) is 1.56. The predicted molar refractivity (Wildman–Crippen MR) is 48.9 cm³/mol. The van der Waals surface area contributed by atoms with Crippen LogP contribution in [0.15, 0.2) is 24.3 Å². The minimum absolute atomic E-state index is 0.674. The summed E-state index contributed by atoms with van der Waals surface area (Å²) in [5, 5.41) is 5.62. The average Bonchev–Trinajstić information content (AvgIpc) is 2.09. The van der Waals surface area contributed by atoms with Gasteiger partial charge in [-0.05, 0) is 24.7 Å². The summed E-state index contributed by atoms with van der Waals surface area (Å²) in [5.74, 6) is 0. The summed E-state index contributed by atoms with van der Waals surface area (Å²) in [5.41, 5.74) is 2.03. The molecule has 1 aromatic rings. The maximum absolute atomic E-state index is 10.1. The molecule has 12 heavy (non-hydrogen) atoms. The Morgan fingerprint density at radius 1 is 1.33 bits per heavy atom. The molecule has 0 atom stereocenters. The van der Waals surface area contributed by atoms with Crippen molar-refractivity contribution >= 4 is 12.1 Å². The molecule has 0 aromatic heterocycles. The van der Waals surface area contributed by atoms with Crippen molar-refractivity contribution in [1.82, 2.24) is 5.32 Å². The first-order valence-corrected chi connectivity index (χ1v) is 3.80. The molecule has 64 valence electrons. The summed E-state index contributed by atoms with van der Waals surface area (Å²) in [6, 6.07) is 7.70. The standard InChI is InChI=1S/C9H12N2O/c1-10-6-8-2-4-9(5-3-8)11-7-12/h2-5,7,10H,6H2,1H3,(H,11,12). The Balaban J connectivity index is 2.64. The molecule has 0 aliphatic rings. The monoisotopic (exact) mass is 164 g/mol. The van der Waals surface area contributed by atoms with E-state index >= 15 is 0 Å². The second-order valence-corrected chi connectivity index (χ2v) is 2.49. The molecule has 0 fully saturated rings. The average molecular weight is 164 g/mol. The van der Waals surface area contributed by atoms with Crippen LogP contribution in [-0.2, 0) is 11.3 Å². The first-order valence-electron chi connectivity index (χ1n) is 3.80. The highest BCUT2D eigenvalue weighted by atomic mass is 16.1. The lowest BCUT2D eigenvalue weighted by Gasteiger charge is -2.01. The minimum Gasteiger partial charge on any atom is -0.329 e. The van der Waals surface area contributed by atoms with E-state index in [1.807, 2.05) is 31.3 Å². The molecular weight excluding hydrogens is 152 g/mol. The van der Waals surface area contributed by atoms with Crippen LogP contribution < -0.4 is 10.6 Å². The van der Waals surface area contributed by atoms with Crippen LogP contribution in [0.25, 0.3) is 0 Å². The van der Waals surface area contributed by atoms with Crippen molar-refractivity contribution in [2.75, 3.05) is 12.4 Å². The smallest absolute Gasteiger partial charge is 0.211 e. The van der Waals surface area contributed by atoms with E-state index in [1.54, 1.807) is 0 Å². The minimum atomic E-state index is 0.674. The van der Waals surface area contributed by atoms with Gasteiger partial charge in [-0.2, -0.15) is 0 Å². The van der Waals surface area contributed by atoms with E-state index in [-0.39, 0.29) is 0 Å². The fourth-order valence-corrected chi connectivity index (χ4v) is 0.991. The van der Waals surface area contributed by atoms with Gasteiger partial charge in [-0.1, -0.05) is 12.1 Å². The van der Waals surface area contributed by atoms with E-state index in [4.69, 9.17) is 0 Å². The van der Waals surface area contributed by atoms with Crippen molar-refractivity contribution in [3.63, 3.8) is 0 Å². The Labute approximate surface area is 71.8 Å². The van der Waals surface area contributed by atoms with E-state index in [0.29, 0.717) is 6.41 Å². The van der Waals surface area contributed by atoms with E-state index in [1.165, 1.54) is 5.56 Å². The number of hydrogen-bond acceptors (Lipinski definition) is 2. The molecule has 3 nitrogen and oxygen atoms in total. The highest BCUT2D eigenvalue weighted by molar-refractivity contribution is 5.70. The van der Waals surface area contributed by atoms with Crippen LogP contribution in [-0.4, -0.2) is 13.5 Å². The van der Waals surface area contributed by atoms with Gasteiger partial charge >= 0.3 is 0 Å². The Morgan fingerprint density at radius 2 is 2.00 bits per heavy atom. The van der Waals surface area contributed by atoms with Gasteiger partial charge in [0, 0.05) is 12.2 Å². The lowest BCUT2D eigenvalue weighted by atomic mass is 10.2. The van der Waals surface area contributed by atoms with Gasteiger partial charge in [0.15, 0.2) is 0 Å². The number of hydrogen-bond donors (Lipinski definition) is 2. The number of nitrogens with one attached hydrogen (secondary N) is 2. The van der Waals surface area contributed by atoms with Gasteiger partial charge in [0.25, 0.3) is 0 Å². The largest absolute Gasteiger partial charge is 0.329 e. The van der Waals surface area contributed by atoms with Crippen molar-refractivity contribution in [2.45, 2.75) is 6.54 Å². The number of amides is 1. The van der Waals surface area contributed by atoms with Gasteiger partial charge in [0.1, 0.15) is 0 Å². The first kappa shape index (κ1) is 8.74. The van der Waals surface area contributed by atoms with Gasteiger partial charge in [-0.15, -0.1) is 0 Å². The molecule has 2 N–H and O–H groups in total. The van der Waals surface area contributed by atoms with Crippen LogP contribution in [0.5, 0.6) is 0 Å². The van der Waals surface area contributed by atoms with Crippen LogP contribution in [0.1, 0.15) is 5.56 Å². The first-order chi connectivity index (χ1) is 5.86. The molecule has 0 spiro atoms. The molecule has 1 amide bonds. The van der Waals surface area contributed by atoms with E-state index in [0.717, 1.165) is 12.2 Å². The fraction of sp³-hybridized carbons (Fsp3) is 0.222. The van der Waals surface area contributed by atoms with Crippen LogP contribution >= 0.6 is 0 Å². The van der Waals surface area contributed by atoms with Crippen LogP contribution in [0.2, 0.25) is 0 Å². The van der Waals surface area contributed by atoms with Crippen molar-refractivity contribution in [1.29, 1.82) is 0 Å². The van der Waals surface area contributed by atoms with Gasteiger partial charge < -0.3 is 10.6 Å². The number of anilines is 1. The molecule has 0 bridgehead atoms. The molecule has 1 rings (SSSR count). The quantitative estimate of drug-likeness (QED) is 0.651. The summed E-state index contributed by atoms with van der Waals surface area (Å²) >= 11 is 0. The van der Waals surface area contributed by atoms with Gasteiger partial charge in [-0.25, -0.2) is 0 Å². The van der Waals surface area contributed by atoms with Crippen LogP contribution in [0.3, 0.4) is 0 Å². The highest BCUT2D eigenvalue weighted by Crippen LogP contribution is 2.07. The molecule has 0 aliphatic carbocycles. The summed E-state index contributed by atoms with van der Waals surface area (Å²) < 4.78 is 0. The van der Waals surface area contributed by atoms with Gasteiger partial charge in [-0.3, -0.25) is 4.79 Å². The molecule has 0 aliphatic heterocycles. The summed E-state index contributed by atoms with van der Waals surface area (Å²) in [4.78, 5) is 10.1. The molecule has 0 saturated heterocycles. The van der Waals surface area contributed by atoms with E-state index < -0.39 is 0 Å². The summed E-state index contributed by atoms with van der Waals surface area (Å²) in [6.07, 6.45) is 0.674. The van der Waals surface area contributed by atoms with E-state index in [9.17, 15) is 4.79 Å². The lowest BCUT2D eigenvalue weighted by Crippen LogP contribution is -2.04. The fourth-order valence-electron chi connectivity index (χ4n) is 0.991. The second kappa shape index (κ2) is 4.51. The van der Waals surface area contributed by atoms with Crippen molar-refractivity contribution < 1.29 is 4.79 Å². The number of benzene rings is 1. The molecule has 1 aromatic carbocycles. The second-order valence-electron chi connectivity index (χ2n) is 2.49. The number of carbonyl (C=O) groups is 1. The van der Waals surface area contributed by atoms with Crippen molar-refractivity contribution in [3.8, 4) is 0 Å². The highest BCUT2D eigenvalue weighted by Gasteiger charge is 1.91. The summed E-state index contributed by atoms with van der Waals surface area (Å²) in [6.45, 7) is 0.849. The van der Waals surface area contributed by atoms with Crippen molar-refractivity contribution in [3.05, 3.63) is 29.8 Å². The predicted octanol–water partition coefficient (Wildman–Crippen LogP) is 0.974. The SMILES string of the molecule is CNCc1ccc(NC=O)cc1. The van der Waals surface area contributed by atoms with Crippen LogP contribution in [0.4, 0.5) is 5.69 Å². The van der Waals surface area contributed by atoms with Gasteiger partial charge in [0.05, 0.1) is 0 Å². The Kier molecular flexibility index (Phi) is 3.29. The Morgan fingerprint density at radius 3 is 2.50 bits per heavy atom. The Hall–Kier alpha value is -1.35. The molecule has 0 saturated carbocycles. The normalized spacial score (nSPS) is 9.42. The van der Waals surface area contributed by atoms with Gasteiger partial charge in [0.2, 0.25) is 6.41 Å². The zero-order valence-electron chi connectivity index (χ0n) is 7.00. The topological polar surface area (TPSA) is 41.1 Å². The number of carbonyl (C=O) groups excluding carboxylic acids is 1. The van der Waals surface area contributed by atoms with Crippen molar-refractivity contribution in [2.24, 2.45) is 0 Å². The third kappa shape index (κ3) is 2.36. The molecule has 0 unspecified atom stereocenters. The maximum Gasteiger partial charge on any atom is 0.211 e. The van der Waals surface area contributed by atoms with E-state index in [2.05, 4.69) is 10.6 Å². The van der Waals surface area contributed by atoms with Crippen LogP contribution in [0, 0.1) is 0 Å². The number of rotatable bonds is 4. The molecular formula is C9H12N2O. The zero-order chi connectivity index (χ0) is 8.81. The molecule has 0 heterocycles. The maximum atomic E-state index is 10.1. The summed E-state index contributed by atoms with van der Waals surface area (Å²) in [7, 11) is 1.90. The molecule has 0 radical (unpaired) electrons. The lowest BCUT2D eigenvalue weighted by molar-refractivity contribution is -0.105. The zero-order valence-corrected chi connectivity index (χ0v) is 7.00. The Bertz CT molecular complexity index is 243. The third-order valence-electron chi connectivity index (χ3n) is 1.56. The molecule has 3 heteroatoms.